The average molecular weight is 296 g/mol. The van der Waals surface area contributed by atoms with E-state index in [9.17, 15) is 4.79 Å². The van der Waals surface area contributed by atoms with Gasteiger partial charge in [0.2, 0.25) is 0 Å². The molecule has 0 fully saturated rings. The van der Waals surface area contributed by atoms with Gasteiger partial charge in [-0.3, -0.25) is 0 Å². The summed E-state index contributed by atoms with van der Waals surface area (Å²) in [6.07, 6.45) is 0. The van der Waals surface area contributed by atoms with Gasteiger partial charge in [-0.25, -0.2) is 4.79 Å². The fourth-order valence-electron chi connectivity index (χ4n) is 2.32. The molecule has 4 heteroatoms. The van der Waals surface area contributed by atoms with E-state index >= 15 is 0 Å². The lowest BCUT2D eigenvalue weighted by Crippen LogP contribution is -2.02. The first-order valence-corrected chi connectivity index (χ1v) is 7.06. The van der Waals surface area contributed by atoms with Gasteiger partial charge in [0, 0.05) is 11.5 Å². The molecule has 0 bridgehead atoms. The first kappa shape index (κ1) is 14.2. The molecule has 0 aliphatic heterocycles. The lowest BCUT2D eigenvalue weighted by molar-refractivity contribution is 0.340. The highest BCUT2D eigenvalue weighted by atomic mass is 16.5. The summed E-state index contributed by atoms with van der Waals surface area (Å²) in [6, 6.07) is 14.6. The largest absolute Gasteiger partial charge is 0.497 e. The molecular formula is C18H16O4. The Morgan fingerprint density at radius 2 is 1.73 bits per heavy atom. The molecule has 0 radical (unpaired) electrons. The first-order valence-electron chi connectivity index (χ1n) is 7.06. The lowest BCUT2D eigenvalue weighted by atomic mass is 10.1. The zero-order chi connectivity index (χ0) is 15.5. The van der Waals surface area contributed by atoms with Crippen molar-refractivity contribution in [1.82, 2.24) is 0 Å². The quantitative estimate of drug-likeness (QED) is 0.686. The number of hydrogen-bond donors (Lipinski definition) is 0. The van der Waals surface area contributed by atoms with Crippen LogP contribution < -0.4 is 15.1 Å². The molecule has 0 aliphatic rings. The third-order valence-corrected chi connectivity index (χ3v) is 3.42. The minimum absolute atomic E-state index is 0.369. The molecule has 0 saturated carbocycles. The summed E-state index contributed by atoms with van der Waals surface area (Å²) in [4.78, 5) is 12.2. The molecule has 0 atom stereocenters. The van der Waals surface area contributed by atoms with Crippen LogP contribution in [0.3, 0.4) is 0 Å². The van der Waals surface area contributed by atoms with E-state index in [0.717, 1.165) is 16.7 Å². The summed E-state index contributed by atoms with van der Waals surface area (Å²) in [5.74, 6) is 1.44. The maximum Gasteiger partial charge on any atom is 0.344 e. The van der Waals surface area contributed by atoms with Crippen LogP contribution in [0.5, 0.6) is 11.5 Å². The Balaban J connectivity index is 2.08. The molecule has 4 nitrogen and oxygen atoms in total. The number of methoxy groups -OCH3 is 1. The summed E-state index contributed by atoms with van der Waals surface area (Å²) >= 11 is 0. The molecule has 2 aromatic carbocycles. The molecule has 22 heavy (non-hydrogen) atoms. The van der Waals surface area contributed by atoms with Gasteiger partial charge in [0.25, 0.3) is 0 Å². The molecule has 0 unspecified atom stereocenters. The van der Waals surface area contributed by atoms with Crippen LogP contribution >= 0.6 is 0 Å². The highest BCUT2D eigenvalue weighted by Crippen LogP contribution is 2.25. The van der Waals surface area contributed by atoms with Crippen molar-refractivity contribution in [2.24, 2.45) is 0 Å². The average Bonchev–Trinajstić information content (AvgIpc) is 2.54. The fourth-order valence-corrected chi connectivity index (χ4v) is 2.32. The third-order valence-electron chi connectivity index (χ3n) is 3.42. The minimum Gasteiger partial charge on any atom is -0.497 e. The summed E-state index contributed by atoms with van der Waals surface area (Å²) < 4.78 is 16.0. The van der Waals surface area contributed by atoms with Crippen molar-refractivity contribution in [3.05, 3.63) is 59.0 Å². The third kappa shape index (κ3) is 2.68. The molecule has 112 valence electrons. The van der Waals surface area contributed by atoms with Crippen LogP contribution in [0.15, 0.2) is 57.7 Å². The summed E-state index contributed by atoms with van der Waals surface area (Å²) in [5, 5.41) is 0.855. The molecular weight excluding hydrogens is 280 g/mol. The van der Waals surface area contributed by atoms with E-state index in [0.29, 0.717) is 23.5 Å². The first-order chi connectivity index (χ1) is 10.7. The SMILES string of the molecule is CCOc1ccc2cc(-c3ccc(OC)cc3)c(=O)oc2c1. The van der Waals surface area contributed by atoms with Crippen LogP contribution in [-0.2, 0) is 0 Å². The van der Waals surface area contributed by atoms with Gasteiger partial charge in [0.1, 0.15) is 17.1 Å². The predicted molar refractivity (Wildman–Crippen MR) is 85.6 cm³/mol. The Labute approximate surface area is 127 Å². The van der Waals surface area contributed by atoms with Gasteiger partial charge in [0.05, 0.1) is 19.3 Å². The topological polar surface area (TPSA) is 48.7 Å². The van der Waals surface area contributed by atoms with Gasteiger partial charge in [-0.1, -0.05) is 12.1 Å². The van der Waals surface area contributed by atoms with Gasteiger partial charge in [0.15, 0.2) is 0 Å². The normalized spacial score (nSPS) is 10.6. The Morgan fingerprint density at radius 1 is 1.00 bits per heavy atom. The van der Waals surface area contributed by atoms with Crippen molar-refractivity contribution >= 4 is 11.0 Å². The van der Waals surface area contributed by atoms with Crippen LogP contribution in [0.4, 0.5) is 0 Å². The molecule has 0 N–H and O–H groups in total. The molecule has 0 amide bonds. The molecule has 1 heterocycles. The van der Waals surface area contributed by atoms with E-state index in [1.54, 1.807) is 13.2 Å². The van der Waals surface area contributed by atoms with E-state index in [4.69, 9.17) is 13.9 Å². The van der Waals surface area contributed by atoms with Crippen molar-refractivity contribution in [1.29, 1.82) is 0 Å². The van der Waals surface area contributed by atoms with E-state index in [-0.39, 0.29) is 5.63 Å². The maximum absolute atomic E-state index is 12.2. The molecule has 0 spiro atoms. The van der Waals surface area contributed by atoms with Gasteiger partial charge >= 0.3 is 5.63 Å². The second kappa shape index (κ2) is 5.93. The van der Waals surface area contributed by atoms with E-state index in [1.807, 2.05) is 49.4 Å². The van der Waals surface area contributed by atoms with Crippen LogP contribution in [0.2, 0.25) is 0 Å². The van der Waals surface area contributed by atoms with Crippen molar-refractivity contribution in [3.63, 3.8) is 0 Å². The molecule has 1 aromatic heterocycles. The van der Waals surface area contributed by atoms with E-state index < -0.39 is 0 Å². The maximum atomic E-state index is 12.2. The summed E-state index contributed by atoms with van der Waals surface area (Å²) in [7, 11) is 1.61. The molecule has 3 rings (SSSR count). The summed E-state index contributed by atoms with van der Waals surface area (Å²) in [6.45, 7) is 2.48. The van der Waals surface area contributed by atoms with Gasteiger partial charge in [-0.05, 0) is 42.8 Å². The monoisotopic (exact) mass is 296 g/mol. The van der Waals surface area contributed by atoms with Crippen molar-refractivity contribution < 1.29 is 13.9 Å². The Hall–Kier alpha value is -2.75. The van der Waals surface area contributed by atoms with Crippen molar-refractivity contribution in [3.8, 4) is 22.6 Å². The Kier molecular flexibility index (Phi) is 3.83. The zero-order valence-electron chi connectivity index (χ0n) is 12.5. The van der Waals surface area contributed by atoms with Crippen molar-refractivity contribution in [2.45, 2.75) is 6.92 Å². The van der Waals surface area contributed by atoms with Crippen LogP contribution in [0, 0.1) is 0 Å². The lowest BCUT2D eigenvalue weighted by Gasteiger charge is -2.06. The highest BCUT2D eigenvalue weighted by molar-refractivity contribution is 5.82. The summed E-state index contributed by atoms with van der Waals surface area (Å²) in [5.41, 5.74) is 1.48. The van der Waals surface area contributed by atoms with Gasteiger partial charge in [-0.2, -0.15) is 0 Å². The van der Waals surface area contributed by atoms with Crippen LogP contribution in [0.1, 0.15) is 6.92 Å². The number of hydrogen-bond acceptors (Lipinski definition) is 4. The zero-order valence-corrected chi connectivity index (χ0v) is 12.5. The van der Waals surface area contributed by atoms with Gasteiger partial charge in [-0.15, -0.1) is 0 Å². The van der Waals surface area contributed by atoms with E-state index in [2.05, 4.69) is 0 Å². The van der Waals surface area contributed by atoms with Crippen LogP contribution in [-0.4, -0.2) is 13.7 Å². The van der Waals surface area contributed by atoms with Gasteiger partial charge < -0.3 is 13.9 Å². The molecule has 0 aliphatic carbocycles. The molecule has 0 saturated heterocycles. The minimum atomic E-state index is -0.369. The van der Waals surface area contributed by atoms with Crippen molar-refractivity contribution in [2.75, 3.05) is 13.7 Å². The fraction of sp³-hybridized carbons (Fsp3) is 0.167. The van der Waals surface area contributed by atoms with Crippen LogP contribution in [0.25, 0.3) is 22.1 Å². The number of fused-ring (bicyclic) bond motifs is 1. The smallest absolute Gasteiger partial charge is 0.344 e. The predicted octanol–water partition coefficient (Wildman–Crippen LogP) is 3.87. The Morgan fingerprint density at radius 3 is 2.41 bits per heavy atom. The number of ether oxygens (including phenoxy) is 2. The molecule has 3 aromatic rings. The number of rotatable bonds is 4. The second-order valence-corrected chi connectivity index (χ2v) is 4.81. The highest BCUT2D eigenvalue weighted by Gasteiger charge is 2.09. The standard InChI is InChI=1S/C18H16O4/c1-3-21-15-9-6-13-10-16(18(19)22-17(13)11-15)12-4-7-14(20-2)8-5-12/h4-11H,3H2,1-2H3. The number of benzene rings is 2. The second-order valence-electron chi connectivity index (χ2n) is 4.81. The Bertz CT molecular complexity index is 847. The van der Waals surface area contributed by atoms with E-state index in [1.165, 1.54) is 0 Å².